The number of nitrogens with zero attached hydrogens (tertiary/aromatic N) is 1. The maximum absolute atomic E-state index is 13.9. The molecule has 1 saturated heterocycles. The number of imide groups is 1. The molecule has 2 amide bonds. The van der Waals surface area contributed by atoms with E-state index >= 15 is 0 Å². The Balaban J connectivity index is 1.48. The molecule has 6 rings (SSSR count). The number of carbonyl (C=O) groups excluding carboxylic acids is 4. The summed E-state index contributed by atoms with van der Waals surface area (Å²) in [5, 5.41) is 11.1. The van der Waals surface area contributed by atoms with Crippen molar-refractivity contribution >= 4 is 23.4 Å². The van der Waals surface area contributed by atoms with Gasteiger partial charge in [-0.05, 0) is 50.7 Å². The van der Waals surface area contributed by atoms with Gasteiger partial charge in [0, 0.05) is 34.2 Å². The molecule has 1 saturated carbocycles. The summed E-state index contributed by atoms with van der Waals surface area (Å²) in [6.45, 7) is 1.63. The van der Waals surface area contributed by atoms with Crippen molar-refractivity contribution in [2.45, 2.75) is 63.8 Å². The van der Waals surface area contributed by atoms with Gasteiger partial charge in [-0.25, -0.2) is 0 Å². The van der Waals surface area contributed by atoms with E-state index in [1.54, 1.807) is 25.1 Å². The molecule has 0 radical (unpaired) electrons. The molecule has 4 aliphatic carbocycles. The minimum atomic E-state index is -0.684. The third-order valence-corrected chi connectivity index (χ3v) is 9.10. The van der Waals surface area contributed by atoms with Gasteiger partial charge in [-0.15, -0.1) is 0 Å². The highest BCUT2D eigenvalue weighted by Crippen LogP contribution is 2.57. The summed E-state index contributed by atoms with van der Waals surface area (Å²) in [6, 6.07) is 5.07. The second kappa shape index (κ2) is 8.82. The van der Waals surface area contributed by atoms with Gasteiger partial charge in [-0.2, -0.15) is 0 Å². The Morgan fingerprint density at radius 2 is 1.76 bits per heavy atom. The molecule has 7 nitrogen and oxygen atoms in total. The zero-order chi connectivity index (χ0) is 26.0. The number of fused-ring (bicyclic) bond motifs is 3. The number of Topliss-reactive ketones (excluding diaryl/α,β-unsaturated/α-hetero) is 1. The Hall–Kier alpha value is -3.48. The van der Waals surface area contributed by atoms with Crippen LogP contribution in [-0.2, 0) is 19.2 Å². The van der Waals surface area contributed by atoms with Gasteiger partial charge < -0.3 is 9.84 Å². The number of para-hydroxylation sites is 1. The van der Waals surface area contributed by atoms with Crippen LogP contribution in [0.1, 0.15) is 63.4 Å². The van der Waals surface area contributed by atoms with Crippen LogP contribution in [0.25, 0.3) is 0 Å². The van der Waals surface area contributed by atoms with Gasteiger partial charge in [0.2, 0.25) is 11.8 Å². The number of allylic oxidation sites excluding steroid dienone is 6. The van der Waals surface area contributed by atoms with E-state index in [-0.39, 0.29) is 53.3 Å². The molecule has 1 N–H and O–H groups in total. The molecule has 5 aliphatic rings. The highest BCUT2D eigenvalue weighted by Gasteiger charge is 2.57. The molecule has 0 spiro atoms. The highest BCUT2D eigenvalue weighted by molar-refractivity contribution is 6.24. The summed E-state index contributed by atoms with van der Waals surface area (Å²) < 4.78 is 5.35. The van der Waals surface area contributed by atoms with E-state index in [4.69, 9.17) is 4.74 Å². The zero-order valence-corrected chi connectivity index (χ0v) is 21.2. The largest absolute Gasteiger partial charge is 0.504 e. The van der Waals surface area contributed by atoms with Crippen molar-refractivity contribution in [1.82, 2.24) is 4.90 Å². The first-order valence-electron chi connectivity index (χ1n) is 13.3. The van der Waals surface area contributed by atoms with Gasteiger partial charge in [0.15, 0.2) is 23.1 Å². The van der Waals surface area contributed by atoms with Crippen LogP contribution in [-0.4, -0.2) is 46.5 Å². The predicted octanol–water partition coefficient (Wildman–Crippen LogP) is 4.16. The molecule has 1 heterocycles. The van der Waals surface area contributed by atoms with Crippen molar-refractivity contribution < 1.29 is 29.0 Å². The minimum Gasteiger partial charge on any atom is -0.504 e. The quantitative estimate of drug-likeness (QED) is 0.379. The van der Waals surface area contributed by atoms with Gasteiger partial charge in [0.05, 0.1) is 18.9 Å². The predicted molar refractivity (Wildman–Crippen MR) is 135 cm³/mol. The standard InChI is InChI=1S/C30H31NO6/c1-15-13-22(32)21-14-20-17(24(26(21)27(15)33)18-9-6-10-23(37-2)28(18)34)11-12-19-25(20)30(36)31(29(19)35)16-7-4-3-5-8-16/h6,9-11,13,16,19-20,24-25,34H,3-5,7-8,12,14H2,1-2H3. The number of ketones is 2. The molecule has 2 fully saturated rings. The number of hydrogen-bond donors (Lipinski definition) is 1. The second-order valence-electron chi connectivity index (χ2n) is 11.0. The number of phenolic OH excluding ortho intramolecular Hbond substituents is 1. The van der Waals surface area contributed by atoms with E-state index < -0.39 is 17.8 Å². The summed E-state index contributed by atoms with van der Waals surface area (Å²) in [5.74, 6) is -2.59. The molecule has 192 valence electrons. The Bertz CT molecular complexity index is 1330. The smallest absolute Gasteiger partial charge is 0.233 e. The maximum atomic E-state index is 13.9. The molecule has 0 bridgehead atoms. The van der Waals surface area contributed by atoms with E-state index in [0.29, 0.717) is 28.7 Å². The minimum absolute atomic E-state index is 0.0529. The number of aromatic hydroxyl groups is 1. The number of benzene rings is 1. The highest BCUT2D eigenvalue weighted by atomic mass is 16.5. The zero-order valence-electron chi connectivity index (χ0n) is 21.2. The molecule has 1 aromatic carbocycles. The molecule has 37 heavy (non-hydrogen) atoms. The molecular formula is C30H31NO6. The summed E-state index contributed by atoms with van der Waals surface area (Å²) in [4.78, 5) is 55.7. The first kappa shape index (κ1) is 23.9. The van der Waals surface area contributed by atoms with E-state index in [2.05, 4.69) is 0 Å². The summed E-state index contributed by atoms with van der Waals surface area (Å²) in [7, 11) is 1.46. The Kier molecular flexibility index (Phi) is 5.70. The fraction of sp³-hybridized carbons (Fsp3) is 0.467. The van der Waals surface area contributed by atoms with E-state index in [1.807, 2.05) is 6.08 Å². The van der Waals surface area contributed by atoms with Crippen molar-refractivity contribution in [3.05, 3.63) is 58.2 Å². The average Bonchev–Trinajstić information content (AvgIpc) is 3.16. The first-order valence-corrected chi connectivity index (χ1v) is 13.3. The SMILES string of the molecule is COc1cccc(C2C3=CCC4C(=O)N(C5CCCCC5)C(=O)C4C3CC3=C2C(=O)C(C)=CC3=O)c1O. The normalized spacial score (nSPS) is 30.1. The van der Waals surface area contributed by atoms with Crippen LogP contribution in [0.5, 0.6) is 11.5 Å². The lowest BCUT2D eigenvalue weighted by molar-refractivity contribution is -0.143. The lowest BCUT2D eigenvalue weighted by Crippen LogP contribution is -2.43. The van der Waals surface area contributed by atoms with E-state index in [0.717, 1.165) is 37.7 Å². The number of hydrogen-bond acceptors (Lipinski definition) is 6. The lowest BCUT2D eigenvalue weighted by atomic mass is 9.59. The monoisotopic (exact) mass is 501 g/mol. The Morgan fingerprint density at radius 1 is 1.00 bits per heavy atom. The van der Waals surface area contributed by atoms with Gasteiger partial charge >= 0.3 is 0 Å². The van der Waals surface area contributed by atoms with Gasteiger partial charge in [-0.1, -0.05) is 43.0 Å². The van der Waals surface area contributed by atoms with Crippen molar-refractivity contribution in [2.24, 2.45) is 17.8 Å². The molecule has 4 unspecified atom stereocenters. The Morgan fingerprint density at radius 3 is 2.49 bits per heavy atom. The van der Waals surface area contributed by atoms with Crippen molar-refractivity contribution in [3.63, 3.8) is 0 Å². The number of ether oxygens (including phenoxy) is 1. The van der Waals surface area contributed by atoms with Gasteiger partial charge in [0.1, 0.15) is 0 Å². The van der Waals surface area contributed by atoms with Crippen LogP contribution < -0.4 is 4.74 Å². The topological polar surface area (TPSA) is 101 Å². The van der Waals surface area contributed by atoms with Crippen molar-refractivity contribution in [1.29, 1.82) is 0 Å². The van der Waals surface area contributed by atoms with Gasteiger partial charge in [-0.3, -0.25) is 24.1 Å². The number of methoxy groups -OCH3 is 1. The fourth-order valence-electron chi connectivity index (χ4n) is 7.38. The number of phenols is 1. The molecule has 1 aromatic rings. The average molecular weight is 502 g/mol. The van der Waals surface area contributed by atoms with Crippen molar-refractivity contribution in [3.8, 4) is 11.5 Å². The fourth-order valence-corrected chi connectivity index (χ4v) is 7.38. The third kappa shape index (κ3) is 3.46. The van der Waals surface area contributed by atoms with Crippen molar-refractivity contribution in [2.75, 3.05) is 7.11 Å². The number of amides is 2. The van der Waals surface area contributed by atoms with E-state index in [1.165, 1.54) is 18.1 Å². The molecular weight excluding hydrogens is 470 g/mol. The molecule has 1 aliphatic heterocycles. The summed E-state index contributed by atoms with van der Waals surface area (Å²) in [6.07, 6.45) is 8.84. The van der Waals surface area contributed by atoms with Crippen LogP contribution in [0.2, 0.25) is 0 Å². The van der Waals surface area contributed by atoms with Crippen LogP contribution in [0.3, 0.4) is 0 Å². The lowest BCUT2D eigenvalue weighted by Gasteiger charge is -2.42. The molecule has 7 heteroatoms. The maximum Gasteiger partial charge on any atom is 0.233 e. The first-order chi connectivity index (χ1) is 17.8. The molecule has 4 atom stereocenters. The summed E-state index contributed by atoms with van der Waals surface area (Å²) >= 11 is 0. The van der Waals surface area contributed by atoms with Crippen LogP contribution >= 0.6 is 0 Å². The molecule has 0 aromatic heterocycles. The summed E-state index contributed by atoms with van der Waals surface area (Å²) in [5.41, 5.74) is 2.43. The van der Waals surface area contributed by atoms with E-state index in [9.17, 15) is 24.3 Å². The van der Waals surface area contributed by atoms with Gasteiger partial charge in [0.25, 0.3) is 0 Å². The number of rotatable bonds is 3. The van der Waals surface area contributed by atoms with Crippen LogP contribution in [0, 0.1) is 17.8 Å². The number of carbonyl (C=O) groups is 4. The van der Waals surface area contributed by atoms with Crippen LogP contribution in [0.15, 0.2) is 52.6 Å². The third-order valence-electron chi connectivity index (χ3n) is 9.10. The second-order valence-corrected chi connectivity index (χ2v) is 11.0. The van der Waals surface area contributed by atoms with Crippen LogP contribution in [0.4, 0.5) is 0 Å². The Labute approximate surface area is 215 Å². The number of likely N-dealkylation sites (tertiary alicyclic amines) is 1.